The highest BCUT2D eigenvalue weighted by atomic mass is 32.2. The van der Waals surface area contributed by atoms with Crippen molar-refractivity contribution in [2.45, 2.75) is 37.6 Å². The lowest BCUT2D eigenvalue weighted by Gasteiger charge is -2.43. The Balaban J connectivity index is 1.51. The van der Waals surface area contributed by atoms with Crippen LogP contribution in [0.5, 0.6) is 0 Å². The molecule has 2 aliphatic rings. The molecule has 1 saturated carbocycles. The van der Waals surface area contributed by atoms with Crippen LogP contribution in [0.3, 0.4) is 0 Å². The van der Waals surface area contributed by atoms with E-state index in [1.165, 1.54) is 4.31 Å². The fourth-order valence-electron chi connectivity index (χ4n) is 4.33. The second kappa shape index (κ2) is 9.08. The van der Waals surface area contributed by atoms with Gasteiger partial charge in [-0.05, 0) is 31.7 Å². The van der Waals surface area contributed by atoms with Gasteiger partial charge in [0.05, 0.1) is 23.6 Å². The van der Waals surface area contributed by atoms with Gasteiger partial charge >= 0.3 is 0 Å². The predicted octanol–water partition coefficient (Wildman–Crippen LogP) is 1.50. The lowest BCUT2D eigenvalue weighted by molar-refractivity contribution is 0.170. The molecule has 2 aromatic heterocycles. The third-order valence-electron chi connectivity index (χ3n) is 6.14. The molecule has 1 spiro atoms. The van der Waals surface area contributed by atoms with Gasteiger partial charge in [-0.25, -0.2) is 9.97 Å². The summed E-state index contributed by atoms with van der Waals surface area (Å²) in [6, 6.07) is 4.08. The molecule has 11 heteroatoms. The molecule has 0 atom stereocenters. The van der Waals surface area contributed by atoms with E-state index in [9.17, 15) is 8.42 Å². The number of unbranched alkanes of at least 4 members (excludes halogenated alkanes) is 2. The highest BCUT2D eigenvalue weighted by Crippen LogP contribution is 2.47. The molecule has 3 heterocycles. The minimum absolute atomic E-state index is 0.317. The van der Waals surface area contributed by atoms with Crippen LogP contribution in [0, 0.1) is 11.3 Å². The largest absolute Gasteiger partial charge is 0.383 e. The smallest absolute Gasteiger partial charge is 0.282 e. The molecule has 1 saturated heterocycles. The Morgan fingerprint density at radius 1 is 1.29 bits per heavy atom. The summed E-state index contributed by atoms with van der Waals surface area (Å²) in [5.41, 5.74) is 0.399. The van der Waals surface area contributed by atoms with Gasteiger partial charge in [0.15, 0.2) is 0 Å². The summed E-state index contributed by atoms with van der Waals surface area (Å²) in [4.78, 5) is 14.0. The van der Waals surface area contributed by atoms with E-state index >= 15 is 0 Å². The van der Waals surface area contributed by atoms with Gasteiger partial charge in [0.1, 0.15) is 17.8 Å². The number of piperazine rings is 1. The number of fused-ring (bicyclic) bond motifs is 1. The maximum atomic E-state index is 13.6. The van der Waals surface area contributed by atoms with E-state index in [1.807, 2.05) is 12.3 Å². The molecule has 0 amide bonds. The third-order valence-corrected chi connectivity index (χ3v) is 8.29. The molecule has 1 aliphatic heterocycles. The zero-order chi connectivity index (χ0) is 21.9. The summed E-state index contributed by atoms with van der Waals surface area (Å²) in [5.74, 6) is 0.849. The minimum atomic E-state index is -3.63. The van der Waals surface area contributed by atoms with Crippen molar-refractivity contribution in [3.05, 3.63) is 18.6 Å². The number of nitrogens with zero attached hydrogens (tertiary/aromatic N) is 6. The van der Waals surface area contributed by atoms with Gasteiger partial charge in [-0.15, -0.1) is 0 Å². The van der Waals surface area contributed by atoms with Crippen LogP contribution in [0.15, 0.2) is 18.6 Å². The van der Waals surface area contributed by atoms with E-state index in [2.05, 4.69) is 25.9 Å². The number of aromatic nitrogens is 3. The van der Waals surface area contributed by atoms with Crippen molar-refractivity contribution in [1.29, 1.82) is 5.26 Å². The van der Waals surface area contributed by atoms with Crippen LogP contribution in [0.2, 0.25) is 0 Å². The highest BCUT2D eigenvalue weighted by Gasteiger charge is 2.57. The number of ether oxygens (including phenoxy) is 1. The van der Waals surface area contributed by atoms with Gasteiger partial charge in [-0.1, -0.05) is 0 Å². The molecule has 0 radical (unpaired) electrons. The number of hydrogen-bond acceptors (Lipinski definition) is 7. The number of methoxy groups -OCH3 is 1. The van der Waals surface area contributed by atoms with Gasteiger partial charge in [-0.3, -0.25) is 0 Å². The van der Waals surface area contributed by atoms with E-state index in [1.54, 1.807) is 17.7 Å². The quantitative estimate of drug-likeness (QED) is 0.548. The van der Waals surface area contributed by atoms with Gasteiger partial charge in [0.25, 0.3) is 10.2 Å². The Morgan fingerprint density at radius 2 is 2.13 bits per heavy atom. The Bertz CT molecular complexity index is 1040. The van der Waals surface area contributed by atoms with Crippen molar-refractivity contribution in [3.63, 3.8) is 0 Å². The first-order chi connectivity index (χ1) is 15.0. The molecule has 1 aliphatic carbocycles. The molecule has 0 bridgehead atoms. The van der Waals surface area contributed by atoms with E-state index in [-0.39, 0.29) is 5.54 Å². The van der Waals surface area contributed by atoms with Gasteiger partial charge in [0.2, 0.25) is 0 Å². The Kier molecular flexibility index (Phi) is 6.43. The number of rotatable bonds is 10. The highest BCUT2D eigenvalue weighted by molar-refractivity contribution is 7.86. The lowest BCUT2D eigenvalue weighted by atomic mass is 10.2. The topological polar surface area (TPSA) is 118 Å². The predicted molar refractivity (Wildman–Crippen MR) is 117 cm³/mol. The summed E-state index contributed by atoms with van der Waals surface area (Å²) < 4.78 is 35.6. The fraction of sp³-hybridized carbons (Fsp3) is 0.650. The monoisotopic (exact) mass is 447 g/mol. The van der Waals surface area contributed by atoms with Crippen LogP contribution in [0.25, 0.3) is 11.0 Å². The first kappa shape index (κ1) is 22.0. The summed E-state index contributed by atoms with van der Waals surface area (Å²) >= 11 is 0. The molecule has 1 N–H and O–H groups in total. The normalized spacial score (nSPS) is 18.7. The molecule has 168 valence electrons. The van der Waals surface area contributed by atoms with Crippen molar-refractivity contribution in [3.8, 4) is 6.07 Å². The molecule has 2 fully saturated rings. The Morgan fingerprint density at radius 3 is 2.87 bits per heavy atom. The number of nitrogens with one attached hydrogen (secondary N) is 1. The summed E-state index contributed by atoms with van der Waals surface area (Å²) in [6.45, 7) is 2.68. The molecule has 31 heavy (non-hydrogen) atoms. The van der Waals surface area contributed by atoms with Crippen LogP contribution in [0.1, 0.15) is 32.1 Å². The second-order valence-corrected chi connectivity index (χ2v) is 10.0. The maximum absolute atomic E-state index is 13.6. The summed E-state index contributed by atoms with van der Waals surface area (Å²) in [7, 11) is -2.05. The van der Waals surface area contributed by atoms with E-state index in [4.69, 9.17) is 10.00 Å². The van der Waals surface area contributed by atoms with Crippen molar-refractivity contribution in [2.24, 2.45) is 0 Å². The van der Waals surface area contributed by atoms with Gasteiger partial charge in [-0.2, -0.15) is 22.3 Å². The molecule has 2 aromatic rings. The van der Waals surface area contributed by atoms with Crippen LogP contribution >= 0.6 is 0 Å². The molecule has 4 rings (SSSR count). The maximum Gasteiger partial charge on any atom is 0.282 e. The molecule has 0 unspecified atom stereocenters. The summed E-state index contributed by atoms with van der Waals surface area (Å²) in [6.07, 6.45) is 6.87. The minimum Gasteiger partial charge on any atom is -0.383 e. The van der Waals surface area contributed by atoms with E-state index < -0.39 is 10.2 Å². The van der Waals surface area contributed by atoms with E-state index in [0.717, 1.165) is 29.7 Å². The molecule has 10 nitrogen and oxygen atoms in total. The zero-order valence-electron chi connectivity index (χ0n) is 17.8. The molecular formula is C20H29N7O3S. The molecule has 0 aromatic carbocycles. The van der Waals surface area contributed by atoms with Crippen LogP contribution in [0.4, 0.5) is 5.82 Å². The van der Waals surface area contributed by atoms with Crippen molar-refractivity contribution in [1.82, 2.24) is 23.6 Å². The third kappa shape index (κ3) is 4.39. The molecular weight excluding hydrogens is 418 g/mol. The number of hydrogen-bond donors (Lipinski definition) is 1. The zero-order valence-corrected chi connectivity index (χ0v) is 18.6. The first-order valence-corrected chi connectivity index (χ1v) is 12.1. The summed E-state index contributed by atoms with van der Waals surface area (Å²) in [5, 5.41) is 9.71. The Labute approximate surface area is 183 Å². The average molecular weight is 448 g/mol. The van der Waals surface area contributed by atoms with Crippen LogP contribution in [-0.4, -0.2) is 84.0 Å². The number of aromatic amines is 1. The second-order valence-electron chi connectivity index (χ2n) is 8.17. The van der Waals surface area contributed by atoms with Crippen LogP contribution in [-0.2, 0) is 14.9 Å². The Hall–Kier alpha value is -2.26. The number of nitriles is 1. The van der Waals surface area contributed by atoms with Crippen LogP contribution < -0.4 is 4.90 Å². The van der Waals surface area contributed by atoms with Crippen molar-refractivity contribution >= 4 is 27.1 Å². The fourth-order valence-corrected chi connectivity index (χ4v) is 6.32. The number of anilines is 1. The van der Waals surface area contributed by atoms with Crippen molar-refractivity contribution in [2.75, 3.05) is 51.3 Å². The average Bonchev–Trinajstić information content (AvgIpc) is 3.33. The van der Waals surface area contributed by atoms with Crippen molar-refractivity contribution < 1.29 is 13.2 Å². The van der Waals surface area contributed by atoms with Gasteiger partial charge in [0, 0.05) is 52.5 Å². The van der Waals surface area contributed by atoms with Gasteiger partial charge < -0.3 is 14.6 Å². The standard InChI is InChI=1S/C20H29N7O3S/c1-30-14-13-26(10-4-2-3-8-21)31(28,29)27-12-11-25(15-20(27)6-7-20)19-17-5-9-22-18(17)23-16-24-19/h5,9,16H,2-4,6-7,10-15H2,1H3,(H,22,23,24). The van der Waals surface area contributed by atoms with E-state index in [0.29, 0.717) is 58.6 Å². The SMILES string of the molecule is COCCN(CCCCC#N)S(=O)(=O)N1CCN(c2ncnc3[nH]ccc23)CC12CC2. The first-order valence-electron chi connectivity index (χ1n) is 10.7. The number of H-pyrrole nitrogens is 1. The lowest BCUT2D eigenvalue weighted by Crippen LogP contribution is -2.60.